The average Bonchev–Trinajstić information content (AvgIpc) is 2.85. The fraction of sp³-hybridized carbons (Fsp3) is 0.211. The molecule has 0 radical (unpaired) electrons. The van der Waals surface area contributed by atoms with E-state index in [4.69, 9.17) is 16.3 Å². The fourth-order valence-electron chi connectivity index (χ4n) is 2.51. The number of hydrogen-bond donors (Lipinski definition) is 0. The van der Waals surface area contributed by atoms with Crippen molar-refractivity contribution in [3.05, 3.63) is 65.4 Å². The van der Waals surface area contributed by atoms with Crippen LogP contribution in [0.15, 0.2) is 54.9 Å². The van der Waals surface area contributed by atoms with E-state index >= 15 is 0 Å². The van der Waals surface area contributed by atoms with Crippen molar-refractivity contribution in [3.63, 3.8) is 0 Å². The molecule has 3 rings (SSSR count). The highest BCUT2D eigenvalue weighted by Gasteiger charge is 2.24. The van der Waals surface area contributed by atoms with Crippen molar-refractivity contribution in [2.24, 2.45) is 0 Å². The van der Waals surface area contributed by atoms with Crippen molar-refractivity contribution < 1.29 is 9.53 Å². The van der Waals surface area contributed by atoms with Crippen LogP contribution in [-0.2, 0) is 4.74 Å². The topological polar surface area (TPSA) is 30.7 Å². The number of aromatic nitrogens is 1. The molecule has 3 nitrogen and oxygen atoms in total. The van der Waals surface area contributed by atoms with Gasteiger partial charge in [0.1, 0.15) is 5.60 Å². The Bertz CT molecular complexity index is 857. The lowest BCUT2D eigenvalue weighted by Gasteiger charge is -2.19. The Kier molecular flexibility index (Phi) is 3.90. The van der Waals surface area contributed by atoms with Crippen molar-refractivity contribution in [1.29, 1.82) is 0 Å². The second-order valence-corrected chi connectivity index (χ2v) is 6.86. The van der Waals surface area contributed by atoms with Gasteiger partial charge in [-0.05, 0) is 50.6 Å². The molecule has 0 unspecified atom stereocenters. The van der Waals surface area contributed by atoms with Gasteiger partial charge in [0.15, 0.2) is 0 Å². The smallest absolute Gasteiger partial charge is 0.341 e. The van der Waals surface area contributed by atoms with Crippen LogP contribution >= 0.6 is 11.6 Å². The number of carbonyl (C=O) groups is 1. The molecule has 2 heterocycles. The van der Waals surface area contributed by atoms with Gasteiger partial charge in [0, 0.05) is 23.0 Å². The maximum atomic E-state index is 12.7. The van der Waals surface area contributed by atoms with E-state index in [9.17, 15) is 4.79 Å². The van der Waals surface area contributed by atoms with Crippen LogP contribution in [0.3, 0.4) is 0 Å². The Morgan fingerprint density at radius 2 is 1.78 bits per heavy atom. The number of carbonyl (C=O) groups excluding carboxylic acids is 1. The van der Waals surface area contributed by atoms with E-state index < -0.39 is 5.60 Å². The molecule has 0 bridgehead atoms. The quantitative estimate of drug-likeness (QED) is 0.604. The zero-order valence-corrected chi connectivity index (χ0v) is 14.1. The van der Waals surface area contributed by atoms with Crippen molar-refractivity contribution in [1.82, 2.24) is 4.40 Å². The number of pyridine rings is 1. The molecule has 1 aromatic carbocycles. The lowest BCUT2D eigenvalue weighted by molar-refractivity contribution is 0.00728. The molecule has 0 saturated carbocycles. The van der Waals surface area contributed by atoms with Crippen LogP contribution in [0.4, 0.5) is 0 Å². The summed E-state index contributed by atoms with van der Waals surface area (Å²) in [5, 5.41) is 0.663. The molecule has 0 aliphatic heterocycles. The van der Waals surface area contributed by atoms with Gasteiger partial charge in [-0.2, -0.15) is 0 Å². The number of fused-ring (bicyclic) bond motifs is 1. The van der Waals surface area contributed by atoms with Gasteiger partial charge in [0.25, 0.3) is 0 Å². The number of rotatable bonds is 2. The van der Waals surface area contributed by atoms with Crippen LogP contribution in [0.2, 0.25) is 5.02 Å². The zero-order valence-electron chi connectivity index (χ0n) is 13.3. The summed E-state index contributed by atoms with van der Waals surface area (Å²) >= 11 is 5.97. The zero-order chi connectivity index (χ0) is 16.6. The molecule has 0 saturated heterocycles. The summed E-state index contributed by atoms with van der Waals surface area (Å²) in [6, 6.07) is 13.2. The second-order valence-electron chi connectivity index (χ2n) is 6.42. The standard InChI is InChI=1S/C19H18ClNO2/c1-19(2,3)23-18(22)17-15(13-7-9-14(20)10-8-13)12-21-11-5-4-6-16(17)21/h4-12H,1-3H3. The van der Waals surface area contributed by atoms with Gasteiger partial charge >= 0.3 is 5.97 Å². The van der Waals surface area contributed by atoms with Crippen LogP contribution in [0.1, 0.15) is 31.1 Å². The summed E-state index contributed by atoms with van der Waals surface area (Å²) in [7, 11) is 0. The maximum Gasteiger partial charge on any atom is 0.341 e. The summed E-state index contributed by atoms with van der Waals surface area (Å²) in [6.07, 6.45) is 3.86. The van der Waals surface area contributed by atoms with Crippen LogP contribution < -0.4 is 0 Å². The Labute approximate surface area is 140 Å². The van der Waals surface area contributed by atoms with E-state index in [2.05, 4.69) is 0 Å². The first kappa shape index (κ1) is 15.6. The van der Waals surface area contributed by atoms with Crippen LogP contribution in [0.25, 0.3) is 16.6 Å². The molecule has 0 aliphatic rings. The van der Waals surface area contributed by atoms with Crippen LogP contribution in [-0.4, -0.2) is 16.0 Å². The van der Waals surface area contributed by atoms with Crippen LogP contribution in [0.5, 0.6) is 0 Å². The maximum absolute atomic E-state index is 12.7. The molecule has 0 atom stereocenters. The third-order valence-corrected chi connectivity index (χ3v) is 3.69. The summed E-state index contributed by atoms with van der Waals surface area (Å²) in [6.45, 7) is 5.60. The summed E-state index contributed by atoms with van der Waals surface area (Å²) in [4.78, 5) is 12.7. The number of hydrogen-bond acceptors (Lipinski definition) is 2. The van der Waals surface area contributed by atoms with E-state index in [1.807, 2.05) is 80.0 Å². The molecule has 23 heavy (non-hydrogen) atoms. The Morgan fingerprint density at radius 3 is 2.43 bits per heavy atom. The average molecular weight is 328 g/mol. The molecule has 0 spiro atoms. The third-order valence-electron chi connectivity index (χ3n) is 3.44. The predicted molar refractivity (Wildman–Crippen MR) is 93.0 cm³/mol. The SMILES string of the molecule is CC(C)(C)OC(=O)c1c(-c2ccc(Cl)cc2)cn2ccccc12. The largest absolute Gasteiger partial charge is 0.456 e. The number of esters is 1. The van der Waals surface area contributed by atoms with Crippen LogP contribution in [0, 0.1) is 0 Å². The van der Waals surface area contributed by atoms with Gasteiger partial charge in [-0.3, -0.25) is 0 Å². The minimum Gasteiger partial charge on any atom is -0.456 e. The number of nitrogens with zero attached hydrogens (tertiary/aromatic N) is 1. The van der Waals surface area contributed by atoms with E-state index in [1.165, 1.54) is 0 Å². The van der Waals surface area contributed by atoms with Crippen molar-refractivity contribution in [3.8, 4) is 11.1 Å². The van der Waals surface area contributed by atoms with Gasteiger partial charge in [-0.25, -0.2) is 4.79 Å². The molecule has 0 N–H and O–H groups in total. The van der Waals surface area contributed by atoms with Crippen molar-refractivity contribution in [2.75, 3.05) is 0 Å². The summed E-state index contributed by atoms with van der Waals surface area (Å²) in [5.41, 5.74) is 2.62. The lowest BCUT2D eigenvalue weighted by Crippen LogP contribution is -2.24. The van der Waals surface area contributed by atoms with E-state index in [0.717, 1.165) is 16.6 Å². The monoisotopic (exact) mass is 327 g/mol. The predicted octanol–water partition coefficient (Wildman–Crippen LogP) is 5.22. The lowest BCUT2D eigenvalue weighted by atomic mass is 10.0. The van der Waals surface area contributed by atoms with E-state index in [0.29, 0.717) is 10.6 Å². The van der Waals surface area contributed by atoms with Crippen molar-refractivity contribution in [2.45, 2.75) is 26.4 Å². The van der Waals surface area contributed by atoms with Gasteiger partial charge in [0.05, 0.1) is 11.1 Å². The first-order valence-corrected chi connectivity index (χ1v) is 7.82. The van der Waals surface area contributed by atoms with Crippen molar-refractivity contribution >= 4 is 23.1 Å². The molecular formula is C19H18ClNO2. The molecule has 2 aromatic heterocycles. The Hall–Kier alpha value is -2.26. The molecule has 0 aliphatic carbocycles. The molecule has 4 heteroatoms. The Morgan fingerprint density at radius 1 is 1.09 bits per heavy atom. The summed E-state index contributed by atoms with van der Waals surface area (Å²) in [5.74, 6) is -0.323. The minimum atomic E-state index is -0.544. The summed E-state index contributed by atoms with van der Waals surface area (Å²) < 4.78 is 7.53. The number of halogens is 1. The van der Waals surface area contributed by atoms with Gasteiger partial charge in [-0.15, -0.1) is 0 Å². The number of benzene rings is 1. The number of ether oxygens (including phenoxy) is 1. The Balaban J connectivity index is 2.19. The first-order valence-electron chi connectivity index (χ1n) is 7.44. The minimum absolute atomic E-state index is 0.323. The molecular weight excluding hydrogens is 310 g/mol. The molecule has 3 aromatic rings. The molecule has 0 fully saturated rings. The molecule has 118 valence electrons. The van der Waals surface area contributed by atoms with E-state index in [1.54, 1.807) is 0 Å². The normalized spacial score (nSPS) is 11.7. The van der Waals surface area contributed by atoms with Gasteiger partial charge in [0.2, 0.25) is 0 Å². The fourth-order valence-corrected chi connectivity index (χ4v) is 2.64. The highest BCUT2D eigenvalue weighted by molar-refractivity contribution is 6.30. The van der Waals surface area contributed by atoms with Gasteiger partial charge < -0.3 is 9.14 Å². The van der Waals surface area contributed by atoms with E-state index in [-0.39, 0.29) is 5.97 Å². The first-order chi connectivity index (χ1) is 10.8. The molecule has 0 amide bonds. The third kappa shape index (κ3) is 3.25. The van der Waals surface area contributed by atoms with Gasteiger partial charge in [-0.1, -0.05) is 29.8 Å². The second kappa shape index (κ2) is 5.74. The highest BCUT2D eigenvalue weighted by atomic mass is 35.5. The highest BCUT2D eigenvalue weighted by Crippen LogP contribution is 2.31.